The smallest absolute Gasteiger partial charge is 0.416 e. The summed E-state index contributed by atoms with van der Waals surface area (Å²) in [5, 5.41) is 0.784. The number of hydrogen-bond acceptors (Lipinski definition) is 3. The maximum absolute atomic E-state index is 13.5. The highest BCUT2D eigenvalue weighted by Gasteiger charge is 2.40. The highest BCUT2D eigenvalue weighted by atomic mass is 35.5. The molecule has 0 spiro atoms. The van der Waals surface area contributed by atoms with Gasteiger partial charge in [-0.3, -0.25) is 4.79 Å². The first-order valence-corrected chi connectivity index (χ1v) is 12.0. The Bertz CT molecular complexity index is 1210. The molecule has 3 aromatic carbocycles. The summed E-state index contributed by atoms with van der Waals surface area (Å²) in [5.41, 5.74) is 3.12. The van der Waals surface area contributed by atoms with E-state index in [1.807, 2.05) is 30.3 Å². The second kappa shape index (κ2) is 11.1. The summed E-state index contributed by atoms with van der Waals surface area (Å²) < 4.78 is 18.5. The van der Waals surface area contributed by atoms with Crippen LogP contribution in [0.25, 0.3) is 11.1 Å². The molecule has 0 saturated carbocycles. The lowest BCUT2D eigenvalue weighted by atomic mass is 9.92. The van der Waals surface area contributed by atoms with Gasteiger partial charge in [-0.05, 0) is 65.8 Å². The van der Waals surface area contributed by atoms with Gasteiger partial charge in [0.05, 0.1) is 6.04 Å². The van der Waals surface area contributed by atoms with Crippen LogP contribution in [-0.4, -0.2) is 29.5 Å². The van der Waals surface area contributed by atoms with Gasteiger partial charge in [-0.25, -0.2) is 14.1 Å². The number of carbonyl (C=O) groups excluding carboxylic acids is 2. The largest absolute Gasteiger partial charge is 0.447 e. The number of rotatable bonds is 8. The lowest BCUT2D eigenvalue weighted by Crippen LogP contribution is -2.44. The van der Waals surface area contributed by atoms with Crippen molar-refractivity contribution in [3.05, 3.63) is 106 Å². The predicted octanol–water partition coefficient (Wildman–Crippen LogP) is 7.12. The first-order chi connectivity index (χ1) is 16.9. The Morgan fingerprint density at radius 3 is 2.37 bits per heavy atom. The second-order valence-electron chi connectivity index (χ2n) is 8.48. The van der Waals surface area contributed by atoms with Crippen LogP contribution in [0.1, 0.15) is 17.5 Å². The van der Waals surface area contributed by atoms with E-state index in [9.17, 15) is 14.0 Å². The molecule has 1 heterocycles. The van der Waals surface area contributed by atoms with E-state index in [4.69, 9.17) is 27.9 Å². The first kappa shape index (κ1) is 25.0. The topological polar surface area (TPSA) is 46.6 Å². The zero-order valence-electron chi connectivity index (χ0n) is 18.9. The van der Waals surface area contributed by atoms with Gasteiger partial charge in [0.1, 0.15) is 12.4 Å². The minimum atomic E-state index is -0.645. The van der Waals surface area contributed by atoms with E-state index in [-0.39, 0.29) is 24.8 Å². The van der Waals surface area contributed by atoms with Gasteiger partial charge < -0.3 is 4.74 Å². The monoisotopic (exact) mass is 511 g/mol. The molecule has 1 saturated heterocycles. The Labute approximate surface area is 213 Å². The molecule has 4 rings (SSSR count). The second-order valence-corrected chi connectivity index (χ2v) is 9.29. The minimum Gasteiger partial charge on any atom is -0.447 e. The fourth-order valence-corrected chi connectivity index (χ4v) is 4.93. The number of cyclic esters (lactones) is 1. The van der Waals surface area contributed by atoms with Crippen molar-refractivity contribution in [1.82, 2.24) is 4.90 Å². The molecule has 0 bridgehead atoms. The summed E-state index contributed by atoms with van der Waals surface area (Å²) in [7, 11) is 0. The van der Waals surface area contributed by atoms with Crippen LogP contribution in [0.4, 0.5) is 9.18 Å². The number of imide groups is 1. The molecule has 3 aromatic rings. The molecule has 35 heavy (non-hydrogen) atoms. The Morgan fingerprint density at radius 1 is 1.09 bits per heavy atom. The third kappa shape index (κ3) is 5.75. The maximum atomic E-state index is 13.5. The van der Waals surface area contributed by atoms with Crippen molar-refractivity contribution in [3.63, 3.8) is 0 Å². The third-order valence-electron chi connectivity index (χ3n) is 6.08. The molecule has 1 aliphatic heterocycles. The van der Waals surface area contributed by atoms with Gasteiger partial charge in [0.15, 0.2) is 0 Å². The number of nitrogens with zero attached hydrogens (tertiary/aromatic N) is 1. The molecular weight excluding hydrogens is 488 g/mol. The molecule has 0 aromatic heterocycles. The SMILES string of the molecule is C=CC[C@@H](Cc1c(Cl)cc(-c2ccc(F)cc2)cc1Cl)C(=O)N1C(=O)OC[C@H]1Cc1ccccc1. The van der Waals surface area contributed by atoms with Crippen molar-refractivity contribution < 1.29 is 18.7 Å². The molecule has 2 amide bonds. The highest BCUT2D eigenvalue weighted by Crippen LogP contribution is 2.35. The number of hydrogen-bond donors (Lipinski definition) is 0. The molecular formula is C28H24Cl2FNO3. The molecule has 1 aliphatic rings. The van der Waals surface area contributed by atoms with Gasteiger partial charge in [-0.15, -0.1) is 6.58 Å². The lowest BCUT2D eigenvalue weighted by Gasteiger charge is -2.25. The van der Waals surface area contributed by atoms with Crippen molar-refractivity contribution in [2.45, 2.75) is 25.3 Å². The molecule has 0 N–H and O–H groups in total. The van der Waals surface area contributed by atoms with Gasteiger partial charge in [-0.1, -0.05) is 71.7 Å². The molecule has 7 heteroatoms. The zero-order chi connectivity index (χ0) is 24.9. The molecule has 4 nitrogen and oxygen atoms in total. The fourth-order valence-electron chi connectivity index (χ4n) is 4.29. The van der Waals surface area contributed by atoms with E-state index in [1.165, 1.54) is 17.0 Å². The molecule has 0 unspecified atom stereocenters. The van der Waals surface area contributed by atoms with E-state index < -0.39 is 18.1 Å². The molecule has 0 aliphatic carbocycles. The van der Waals surface area contributed by atoms with E-state index in [0.29, 0.717) is 28.5 Å². The number of halogens is 3. The Hall–Kier alpha value is -3.15. The van der Waals surface area contributed by atoms with Gasteiger partial charge in [0.2, 0.25) is 5.91 Å². The minimum absolute atomic E-state index is 0.147. The number of carbonyl (C=O) groups is 2. The summed E-state index contributed by atoms with van der Waals surface area (Å²) in [6, 6.07) is 18.8. The van der Waals surface area contributed by atoms with E-state index in [2.05, 4.69) is 6.58 Å². The molecule has 180 valence electrons. The predicted molar refractivity (Wildman–Crippen MR) is 136 cm³/mol. The summed E-state index contributed by atoms with van der Waals surface area (Å²) in [6.45, 7) is 3.93. The van der Waals surface area contributed by atoms with Crippen LogP contribution in [0.3, 0.4) is 0 Å². The Balaban J connectivity index is 1.57. The normalized spacial score (nSPS) is 16.1. The lowest BCUT2D eigenvalue weighted by molar-refractivity contribution is -0.133. The van der Waals surface area contributed by atoms with Gasteiger partial charge in [0, 0.05) is 16.0 Å². The molecule has 0 radical (unpaired) electrons. The van der Waals surface area contributed by atoms with Crippen LogP contribution in [0.15, 0.2) is 79.4 Å². The van der Waals surface area contributed by atoms with Crippen molar-refractivity contribution in [2.75, 3.05) is 6.61 Å². The first-order valence-electron chi connectivity index (χ1n) is 11.3. The average Bonchev–Trinajstić information content (AvgIpc) is 3.20. The van der Waals surface area contributed by atoms with Gasteiger partial charge in [0.25, 0.3) is 0 Å². The summed E-state index contributed by atoms with van der Waals surface area (Å²) in [5.74, 6) is -1.27. The van der Waals surface area contributed by atoms with Crippen molar-refractivity contribution in [3.8, 4) is 11.1 Å². The van der Waals surface area contributed by atoms with Crippen LogP contribution in [0.5, 0.6) is 0 Å². The fraction of sp³-hybridized carbons (Fsp3) is 0.214. The van der Waals surface area contributed by atoms with Gasteiger partial charge >= 0.3 is 6.09 Å². The summed E-state index contributed by atoms with van der Waals surface area (Å²) in [6.07, 6.45) is 2.08. The van der Waals surface area contributed by atoms with Crippen LogP contribution >= 0.6 is 23.2 Å². The number of amides is 2. The van der Waals surface area contributed by atoms with Crippen LogP contribution in [0, 0.1) is 11.7 Å². The highest BCUT2D eigenvalue weighted by molar-refractivity contribution is 6.36. The quantitative estimate of drug-likeness (QED) is 0.302. The van der Waals surface area contributed by atoms with E-state index in [0.717, 1.165) is 16.7 Å². The van der Waals surface area contributed by atoms with Gasteiger partial charge in [-0.2, -0.15) is 0 Å². The Morgan fingerprint density at radius 2 is 1.74 bits per heavy atom. The van der Waals surface area contributed by atoms with Crippen molar-refractivity contribution >= 4 is 35.2 Å². The van der Waals surface area contributed by atoms with Crippen molar-refractivity contribution in [2.24, 2.45) is 5.92 Å². The van der Waals surface area contributed by atoms with E-state index in [1.54, 1.807) is 30.3 Å². The number of allylic oxidation sites excluding steroid dienone is 1. The number of ether oxygens (including phenoxy) is 1. The summed E-state index contributed by atoms with van der Waals surface area (Å²) >= 11 is 13.2. The summed E-state index contributed by atoms with van der Waals surface area (Å²) in [4.78, 5) is 27.3. The zero-order valence-corrected chi connectivity index (χ0v) is 20.4. The third-order valence-corrected chi connectivity index (χ3v) is 6.76. The number of benzene rings is 3. The standard InChI is InChI=1S/C28H24Cl2FNO3/c1-2-6-20(27(33)32-23(17-35-28(32)34)13-18-7-4-3-5-8-18)14-24-25(29)15-21(16-26(24)30)19-9-11-22(31)12-10-19/h2-5,7-12,15-16,20,23H,1,6,13-14,17H2/t20-,23+/m0/s1. The Kier molecular flexibility index (Phi) is 7.89. The van der Waals surface area contributed by atoms with Crippen LogP contribution in [0.2, 0.25) is 10.0 Å². The van der Waals surface area contributed by atoms with Crippen molar-refractivity contribution in [1.29, 1.82) is 0 Å². The molecule has 2 atom stereocenters. The average molecular weight is 512 g/mol. The van der Waals surface area contributed by atoms with E-state index >= 15 is 0 Å². The maximum Gasteiger partial charge on any atom is 0.416 e. The van der Waals surface area contributed by atoms with Crippen LogP contribution in [-0.2, 0) is 22.4 Å². The molecule has 1 fully saturated rings. The van der Waals surface area contributed by atoms with Crippen LogP contribution < -0.4 is 0 Å².